The van der Waals surface area contributed by atoms with Gasteiger partial charge in [0.05, 0.1) is 150 Å². The zero-order valence-corrected chi connectivity index (χ0v) is 75.1. The summed E-state index contributed by atoms with van der Waals surface area (Å²) in [6.07, 6.45) is -19.3. The molecule has 0 radical (unpaired) electrons. The maximum Gasteiger partial charge on any atom is 1.00 e. The van der Waals surface area contributed by atoms with Crippen molar-refractivity contribution >= 4 is 143 Å². The van der Waals surface area contributed by atoms with Crippen LogP contribution in [0.5, 0.6) is 0 Å². The number of hydrogen-bond acceptors (Lipinski definition) is 40. The molecule has 0 unspecified atom stereocenters. The fourth-order valence-corrected chi connectivity index (χ4v) is 5.66. The van der Waals surface area contributed by atoms with Crippen molar-refractivity contribution in [2.24, 2.45) is 0 Å². The molecule has 0 amide bonds. The third kappa shape index (κ3) is 75.0. The predicted molar refractivity (Wildman–Crippen MR) is 276 cm³/mol. The smallest absolute Gasteiger partial charge is 0.547 e. The van der Waals surface area contributed by atoms with E-state index in [9.17, 15) is 156 Å². The summed E-state index contributed by atoms with van der Waals surface area (Å²) < 4.78 is 0. The van der Waals surface area contributed by atoms with Crippen LogP contribution in [-0.4, -0.2) is 311 Å². The first-order chi connectivity index (χ1) is 46.2. The molecular weight excluding hydrogens is 1660 g/mol. The molecule has 24 N–H and O–H groups in total. The zero-order valence-electron chi connectivity index (χ0n) is 59.1. The van der Waals surface area contributed by atoms with Gasteiger partial charge in [-0.1, -0.05) is 0 Å². The van der Waals surface area contributed by atoms with Crippen molar-refractivity contribution in [3.63, 3.8) is 0 Å². The first kappa shape index (κ1) is 145. The minimum absolute atomic E-state index is 0. The second kappa shape index (κ2) is 68.1. The molecule has 0 saturated carbocycles. The van der Waals surface area contributed by atoms with Crippen LogP contribution in [0.3, 0.4) is 0 Å². The number of aliphatic carboxylic acids is 24. The quantitative estimate of drug-likeness (QED) is 0.0253. The van der Waals surface area contributed by atoms with Gasteiger partial charge >= 0.3 is 332 Å². The SMILES string of the molecule is O=C(O)CC(O)(CC(=O)O)C(=O)[O-].O=C(O)CC(O)(CC(=O)O)C(=O)[O-].O=C(O)CC(O)(CC(=O)O)C(=O)[O-].O=C(O)CC(O)(CC(=O)O)C(=O)[O-].O=C(O)CC(O)(CC(=O)O)C(=O)[O-].O=C(O)CC(O)(CC(=O)O)C(=O)[O-].O=C(O)CC(O)(CC(=O)O)C(=O)[O-].O=C(O)CC(O)(CC(=O)O)C(=O)[O-].[Na+].[Na+].[Na+].[Na+].[Na+].[Na+].[Na+].[Na+]. The van der Waals surface area contributed by atoms with Gasteiger partial charge in [-0.05, 0) is 0 Å². The summed E-state index contributed by atoms with van der Waals surface area (Å²) in [5, 5.41) is 284. The Labute approximate surface area is 796 Å². The van der Waals surface area contributed by atoms with E-state index in [0.717, 1.165) is 0 Å². The number of hydrogen-bond donors (Lipinski definition) is 24. The molecule has 0 aliphatic heterocycles. The van der Waals surface area contributed by atoms with Crippen molar-refractivity contribution in [3.05, 3.63) is 0 Å². The Balaban J connectivity index is -0.0000000665. The van der Waals surface area contributed by atoms with Crippen LogP contribution in [0.4, 0.5) is 0 Å². The molecule has 0 aromatic heterocycles. The molecule has 0 bridgehead atoms. The van der Waals surface area contributed by atoms with Crippen molar-refractivity contribution in [3.8, 4) is 0 Å². The topological polar surface area (TPSA) is 1080 Å². The molecule has 0 aliphatic rings. The van der Waals surface area contributed by atoms with E-state index < -0.39 is 291 Å². The molecule has 0 spiro atoms. The number of aliphatic hydroxyl groups is 8. The molecule has 0 aliphatic carbocycles. The van der Waals surface area contributed by atoms with Gasteiger partial charge in [-0.25, -0.2) is 0 Å². The van der Waals surface area contributed by atoms with Crippen molar-refractivity contribution in [1.82, 2.24) is 0 Å². The van der Waals surface area contributed by atoms with E-state index >= 15 is 0 Å². The van der Waals surface area contributed by atoms with Crippen LogP contribution in [0.2, 0.25) is 0 Å². The van der Waals surface area contributed by atoms with Crippen LogP contribution >= 0.6 is 0 Å². The Morgan fingerprint density at radius 2 is 0.170 bits per heavy atom. The van der Waals surface area contributed by atoms with E-state index in [0.29, 0.717) is 0 Å². The Hall–Kier alpha value is -5.04. The predicted octanol–water partition coefficient (Wildman–Crippen LogP) is -44.6. The molecule has 112 heavy (non-hydrogen) atoms. The maximum absolute atomic E-state index is 10.2. The average molecular weight is 1710 g/mol. The minimum atomic E-state index is -2.85. The summed E-state index contributed by atoms with van der Waals surface area (Å²) in [5.41, 5.74) is -22.8. The normalized spacial score (nSPS) is 10.1. The van der Waals surface area contributed by atoms with Gasteiger partial charge in [0.1, 0.15) is 44.8 Å². The van der Waals surface area contributed by atoms with E-state index in [-0.39, 0.29) is 236 Å². The van der Waals surface area contributed by atoms with Gasteiger partial charge in [0.2, 0.25) is 0 Å². The van der Waals surface area contributed by atoms with Crippen LogP contribution < -0.4 is 277 Å². The third-order valence-electron chi connectivity index (χ3n) is 10.1. The Bertz CT molecular complexity index is 2480. The Morgan fingerprint density at radius 3 is 0.188 bits per heavy atom. The molecule has 0 rings (SSSR count). The second-order valence-corrected chi connectivity index (χ2v) is 19.7. The number of carboxylic acid groups (broad SMARTS) is 24. The number of rotatable bonds is 40. The van der Waals surface area contributed by atoms with E-state index in [2.05, 4.69) is 0 Å². The van der Waals surface area contributed by atoms with Crippen molar-refractivity contribution in [2.75, 3.05) is 0 Å². The van der Waals surface area contributed by atoms with E-state index in [1.165, 1.54) is 0 Å². The van der Waals surface area contributed by atoms with Gasteiger partial charge in [-0.2, -0.15) is 0 Å². The largest absolute Gasteiger partial charge is 1.00 e. The van der Waals surface area contributed by atoms with Crippen LogP contribution in [0.25, 0.3) is 0 Å². The van der Waals surface area contributed by atoms with E-state index in [1.807, 2.05) is 0 Å². The summed E-state index contributed by atoms with van der Waals surface area (Å²) in [4.78, 5) is 243. The molecule has 0 heterocycles. The fraction of sp³-hybridized carbons (Fsp3) is 0.500. The monoisotopic (exact) mass is 1710 g/mol. The van der Waals surface area contributed by atoms with Gasteiger partial charge in [0.25, 0.3) is 0 Å². The van der Waals surface area contributed by atoms with E-state index in [4.69, 9.17) is 123 Å². The molecule has 0 aromatic carbocycles. The Kier molecular flexibility index (Phi) is 88.2. The van der Waals surface area contributed by atoms with Crippen LogP contribution in [0.1, 0.15) is 103 Å². The molecule has 0 fully saturated rings. The molecule has 592 valence electrons. The van der Waals surface area contributed by atoms with Crippen molar-refractivity contribution < 1.29 is 515 Å². The van der Waals surface area contributed by atoms with Crippen molar-refractivity contribution in [1.29, 1.82) is 0 Å². The van der Waals surface area contributed by atoms with Gasteiger partial charge in [0.15, 0.2) is 0 Å². The minimum Gasteiger partial charge on any atom is -0.547 e. The number of carbonyl (C=O) groups is 24. The fourth-order valence-electron chi connectivity index (χ4n) is 5.66. The summed E-state index contributed by atoms with van der Waals surface area (Å²) >= 11 is 0. The summed E-state index contributed by atoms with van der Waals surface area (Å²) in [5.74, 6) is -42.8. The maximum atomic E-state index is 10.2. The molecular formula is C48H56Na8O56. The summed E-state index contributed by atoms with van der Waals surface area (Å²) in [7, 11) is 0. The summed E-state index contributed by atoms with van der Waals surface area (Å²) in [6.45, 7) is 0. The van der Waals surface area contributed by atoms with Crippen LogP contribution in [0.15, 0.2) is 0 Å². The van der Waals surface area contributed by atoms with Crippen LogP contribution in [-0.2, 0) is 115 Å². The Morgan fingerprint density at radius 1 is 0.134 bits per heavy atom. The van der Waals surface area contributed by atoms with Gasteiger partial charge in [-0.15, -0.1) is 0 Å². The first-order valence-corrected chi connectivity index (χ1v) is 25.2. The van der Waals surface area contributed by atoms with E-state index in [1.54, 1.807) is 0 Å². The van der Waals surface area contributed by atoms with Gasteiger partial charge in [0, 0.05) is 0 Å². The molecule has 0 saturated heterocycles. The molecule has 0 atom stereocenters. The molecule has 0 aromatic rings. The van der Waals surface area contributed by atoms with Crippen molar-refractivity contribution in [2.45, 2.75) is 148 Å². The van der Waals surface area contributed by atoms with Gasteiger partial charge in [-0.3, -0.25) is 76.7 Å². The molecule has 64 heteroatoms. The average Bonchev–Trinajstić information content (AvgIpc) is 0.931. The van der Waals surface area contributed by atoms with Gasteiger partial charge < -0.3 is 202 Å². The van der Waals surface area contributed by atoms with Crippen LogP contribution in [0, 0.1) is 0 Å². The number of carbonyl (C=O) groups excluding carboxylic acids is 8. The second-order valence-electron chi connectivity index (χ2n) is 19.7. The third-order valence-corrected chi connectivity index (χ3v) is 10.1. The number of carboxylic acids is 24. The standard InChI is InChI=1S/8C6H8O7.8Na/c8*7-3(8)1-6(13,5(11)12)2-4(9)10;;;;;;;;/h8*13H,1-2H2,(H,7,8)(H,9,10)(H,11,12);;;;;;;;/q;;;;;;;;8*+1/p-8. The first-order valence-electron chi connectivity index (χ1n) is 25.2. The summed E-state index contributed by atoms with van der Waals surface area (Å²) in [6, 6.07) is 0. The zero-order chi connectivity index (χ0) is 85.2. The molecule has 56 nitrogen and oxygen atoms in total.